The Hall–Kier alpha value is -4.77. The van der Waals surface area contributed by atoms with E-state index in [1.165, 1.54) is 24.4 Å². The monoisotopic (exact) mass is 703 g/mol. The Balaban J connectivity index is 1.40. The smallest absolute Gasteiger partial charge is 0.248 e. The summed E-state index contributed by atoms with van der Waals surface area (Å²) in [5.74, 6) is 0.147. The number of anilines is 3. The average Bonchev–Trinajstić information content (AvgIpc) is 3.62. The highest BCUT2D eigenvalue weighted by Crippen LogP contribution is 2.38. The lowest BCUT2D eigenvalue weighted by Gasteiger charge is -2.20. The number of halogens is 2. The molecule has 1 aliphatic rings. The highest BCUT2D eigenvalue weighted by atomic mass is 35.5. The number of nitrogens with zero attached hydrogens (tertiary/aromatic N) is 3. The van der Waals surface area contributed by atoms with E-state index in [0.717, 1.165) is 0 Å². The van der Waals surface area contributed by atoms with Crippen molar-refractivity contribution in [2.75, 3.05) is 70.9 Å². The van der Waals surface area contributed by atoms with Crippen molar-refractivity contribution in [2.45, 2.75) is 19.1 Å². The van der Waals surface area contributed by atoms with E-state index in [4.69, 9.17) is 35.3 Å². The van der Waals surface area contributed by atoms with E-state index in [1.807, 2.05) is 0 Å². The van der Waals surface area contributed by atoms with Crippen LogP contribution in [-0.2, 0) is 25.6 Å². The highest BCUT2D eigenvalue weighted by molar-refractivity contribution is 6.32. The molecule has 1 amide bonds. The van der Waals surface area contributed by atoms with Crippen LogP contribution in [-0.4, -0.2) is 82.2 Å². The summed E-state index contributed by atoms with van der Waals surface area (Å²) in [5, 5.41) is 17.2. The zero-order chi connectivity index (χ0) is 35.3. The number of ether oxygens (including phenoxy) is 5. The number of benzene rings is 3. The van der Waals surface area contributed by atoms with Gasteiger partial charge in [-0.1, -0.05) is 29.8 Å². The van der Waals surface area contributed by atoms with Gasteiger partial charge in [-0.3, -0.25) is 14.7 Å². The molecule has 3 aromatic carbocycles. The first kappa shape index (κ1) is 36.5. The fourth-order valence-electron chi connectivity index (χ4n) is 5.27. The number of rotatable bonds is 17. The van der Waals surface area contributed by atoms with Gasteiger partial charge < -0.3 is 34.3 Å². The molecule has 13 heteroatoms. The van der Waals surface area contributed by atoms with Gasteiger partial charge in [0.2, 0.25) is 5.91 Å². The molecule has 2 heterocycles. The maximum absolute atomic E-state index is 13.6. The van der Waals surface area contributed by atoms with Gasteiger partial charge in [0.05, 0.1) is 53.9 Å². The summed E-state index contributed by atoms with van der Waals surface area (Å²) >= 11 is 6.57. The molecule has 50 heavy (non-hydrogen) atoms. The van der Waals surface area contributed by atoms with Crippen molar-refractivity contribution in [3.8, 4) is 17.6 Å². The van der Waals surface area contributed by atoms with Gasteiger partial charge in [0.15, 0.2) is 0 Å². The molecule has 0 saturated carbocycles. The van der Waals surface area contributed by atoms with Gasteiger partial charge in [-0.2, -0.15) is 5.26 Å². The fraction of sp³-hybridized carbons (Fsp3) is 0.324. The third-order valence-corrected chi connectivity index (χ3v) is 8.17. The van der Waals surface area contributed by atoms with Crippen LogP contribution in [0, 0.1) is 17.1 Å². The van der Waals surface area contributed by atoms with Crippen molar-refractivity contribution < 1.29 is 32.9 Å². The number of nitriles is 1. The molecule has 1 saturated heterocycles. The lowest BCUT2D eigenvalue weighted by Crippen LogP contribution is -2.31. The SMILES string of the molecule is COCCN(CC=CC(=O)Nc1cc2c(Nc3ccc(OCc4cccc(F)c4)c(Cl)c3)c(C#N)cnc2cc1O[C@H]1CCOC1)CCOC. The Labute approximate surface area is 295 Å². The van der Waals surface area contributed by atoms with E-state index in [1.54, 1.807) is 62.8 Å². The molecule has 1 atom stereocenters. The van der Waals surface area contributed by atoms with E-state index in [9.17, 15) is 14.4 Å². The third kappa shape index (κ3) is 10.1. The Bertz CT molecular complexity index is 1840. The quantitative estimate of drug-likeness (QED) is 0.118. The van der Waals surface area contributed by atoms with Crippen molar-refractivity contribution >= 4 is 45.5 Å². The van der Waals surface area contributed by atoms with Gasteiger partial charge >= 0.3 is 0 Å². The molecular weight excluding hydrogens is 665 g/mol. The number of amides is 1. The molecule has 5 rings (SSSR count). The van der Waals surface area contributed by atoms with Crippen molar-refractivity contribution in [3.63, 3.8) is 0 Å². The molecule has 0 aliphatic carbocycles. The van der Waals surface area contributed by atoms with Crippen molar-refractivity contribution in [1.29, 1.82) is 5.26 Å². The first-order valence-corrected chi connectivity index (χ1v) is 16.5. The van der Waals surface area contributed by atoms with Gasteiger partial charge in [-0.15, -0.1) is 0 Å². The van der Waals surface area contributed by atoms with Gasteiger partial charge in [-0.25, -0.2) is 4.39 Å². The second kappa shape index (κ2) is 18.3. The van der Waals surface area contributed by atoms with Gasteiger partial charge in [-0.05, 0) is 42.0 Å². The van der Waals surface area contributed by atoms with Gasteiger partial charge in [0.25, 0.3) is 0 Å². The van der Waals surface area contributed by atoms with E-state index in [-0.39, 0.29) is 30.0 Å². The molecule has 0 radical (unpaired) electrons. The molecule has 11 nitrogen and oxygen atoms in total. The van der Waals surface area contributed by atoms with Crippen molar-refractivity contribution in [1.82, 2.24) is 9.88 Å². The Morgan fingerprint density at radius 1 is 1.14 bits per heavy atom. The lowest BCUT2D eigenvalue weighted by atomic mass is 10.1. The van der Waals surface area contributed by atoms with E-state index in [2.05, 4.69) is 26.6 Å². The van der Waals surface area contributed by atoms with Crippen LogP contribution in [0.2, 0.25) is 5.02 Å². The Morgan fingerprint density at radius 3 is 2.66 bits per heavy atom. The van der Waals surface area contributed by atoms with Crippen LogP contribution in [0.4, 0.5) is 21.5 Å². The minimum atomic E-state index is -0.352. The van der Waals surface area contributed by atoms with E-state index in [0.29, 0.717) is 103 Å². The number of pyridine rings is 1. The normalized spacial score (nSPS) is 14.3. The number of aromatic nitrogens is 1. The summed E-state index contributed by atoms with van der Waals surface area (Å²) in [4.78, 5) is 19.8. The zero-order valence-corrected chi connectivity index (χ0v) is 28.7. The Morgan fingerprint density at radius 2 is 1.96 bits per heavy atom. The summed E-state index contributed by atoms with van der Waals surface area (Å²) in [6.07, 6.45) is 5.26. The molecule has 0 bridgehead atoms. The van der Waals surface area contributed by atoms with Crippen molar-refractivity contribution in [2.24, 2.45) is 0 Å². The summed E-state index contributed by atoms with van der Waals surface area (Å²) in [6, 6.07) is 16.9. The molecule has 0 unspecified atom stereocenters. The second-order valence-corrected chi connectivity index (χ2v) is 11.9. The van der Waals surface area contributed by atoms with E-state index >= 15 is 0 Å². The Kier molecular flexibility index (Phi) is 13.4. The number of hydrogen-bond donors (Lipinski definition) is 2. The minimum Gasteiger partial charge on any atom is -0.487 e. The molecule has 262 valence electrons. The molecule has 1 aliphatic heterocycles. The van der Waals surface area contributed by atoms with Crippen LogP contribution in [0.15, 0.2) is 72.9 Å². The van der Waals surface area contributed by atoms with Crippen LogP contribution in [0.3, 0.4) is 0 Å². The first-order chi connectivity index (χ1) is 24.4. The van der Waals surface area contributed by atoms with E-state index < -0.39 is 0 Å². The van der Waals surface area contributed by atoms with Crippen LogP contribution in [0.1, 0.15) is 17.5 Å². The number of carbonyl (C=O) groups excluding carboxylic acids is 1. The third-order valence-electron chi connectivity index (χ3n) is 7.87. The summed E-state index contributed by atoms with van der Waals surface area (Å²) in [6.45, 7) is 4.18. The summed E-state index contributed by atoms with van der Waals surface area (Å²) in [5.41, 5.74) is 2.95. The summed E-state index contributed by atoms with van der Waals surface area (Å²) < 4.78 is 41.6. The fourth-order valence-corrected chi connectivity index (χ4v) is 5.50. The molecule has 4 aromatic rings. The van der Waals surface area contributed by atoms with Crippen LogP contribution in [0.5, 0.6) is 11.5 Å². The molecule has 1 aromatic heterocycles. The number of hydrogen-bond acceptors (Lipinski definition) is 10. The number of fused-ring (bicyclic) bond motifs is 1. The average molecular weight is 704 g/mol. The maximum Gasteiger partial charge on any atom is 0.248 e. The van der Waals surface area contributed by atoms with Gasteiger partial charge in [0, 0.05) is 69.7 Å². The molecule has 1 fully saturated rings. The largest absolute Gasteiger partial charge is 0.487 e. The summed E-state index contributed by atoms with van der Waals surface area (Å²) in [7, 11) is 3.29. The predicted molar refractivity (Wildman–Crippen MR) is 190 cm³/mol. The second-order valence-electron chi connectivity index (χ2n) is 11.5. The van der Waals surface area contributed by atoms with Crippen LogP contribution < -0.4 is 20.1 Å². The van der Waals surface area contributed by atoms with Crippen LogP contribution in [0.25, 0.3) is 10.9 Å². The van der Waals surface area contributed by atoms with Gasteiger partial charge in [0.1, 0.15) is 36.1 Å². The molecule has 2 N–H and O–H groups in total. The van der Waals surface area contributed by atoms with Crippen molar-refractivity contribution in [3.05, 3.63) is 94.9 Å². The highest BCUT2D eigenvalue weighted by Gasteiger charge is 2.21. The number of carbonyl (C=O) groups is 1. The predicted octanol–water partition coefficient (Wildman–Crippen LogP) is 6.48. The minimum absolute atomic E-state index is 0.138. The zero-order valence-electron chi connectivity index (χ0n) is 27.9. The van der Waals surface area contributed by atoms with Crippen LogP contribution >= 0.6 is 11.6 Å². The topological polar surface area (TPSA) is 127 Å². The lowest BCUT2D eigenvalue weighted by molar-refractivity contribution is -0.111. The first-order valence-electron chi connectivity index (χ1n) is 16.1. The molecule has 0 spiro atoms. The number of methoxy groups -OCH3 is 2. The number of nitrogens with one attached hydrogen (secondary N) is 2. The molecular formula is C37H39ClFN5O6. The maximum atomic E-state index is 13.6. The standard InChI is InChI=1S/C37H39ClFN5O6/c1-46-15-12-44(13-16-47-2)11-4-7-36(45)43-33-19-30-32(20-35(33)50-29-10-14-48-24-29)41-22-26(21-40)37(30)42-28-8-9-34(31(38)18-28)49-23-25-5-3-6-27(39)17-25/h3-9,17-20,22,29H,10-16,23-24H2,1-2H3,(H,41,42)(H,43,45)/t29-/m0/s1.